The number of anilines is 1. The van der Waals surface area contributed by atoms with Gasteiger partial charge in [-0.05, 0) is 48.4 Å². The average Bonchev–Trinajstić information content (AvgIpc) is 3.41. The van der Waals surface area contributed by atoms with Crippen molar-refractivity contribution in [3.8, 4) is 17.2 Å². The molecule has 1 atom stereocenters. The first kappa shape index (κ1) is 29.1. The van der Waals surface area contributed by atoms with Gasteiger partial charge in [-0.2, -0.15) is 0 Å². The maximum Gasteiger partial charge on any atom is 0.228 e. The van der Waals surface area contributed by atoms with E-state index in [1.807, 2.05) is 89.4 Å². The molecule has 3 aromatic rings. The van der Waals surface area contributed by atoms with Gasteiger partial charge in [-0.3, -0.25) is 4.79 Å². The number of benzene rings is 2. The van der Waals surface area contributed by atoms with Crippen molar-refractivity contribution < 1.29 is 14.3 Å². The van der Waals surface area contributed by atoms with Gasteiger partial charge >= 0.3 is 0 Å². The first-order chi connectivity index (χ1) is 16.7. The van der Waals surface area contributed by atoms with Crippen molar-refractivity contribution in [1.82, 2.24) is 10.3 Å². The number of carbonyl (C=O) groups excluding carboxylic acids is 1. The molecule has 2 heterocycles. The van der Waals surface area contributed by atoms with Gasteiger partial charge in [0, 0.05) is 24.0 Å². The van der Waals surface area contributed by atoms with Gasteiger partial charge in [-0.25, -0.2) is 4.98 Å². The molecule has 0 saturated carbocycles. The average molecular weight is 486 g/mol. The molecule has 0 fully saturated rings. The Balaban J connectivity index is 0.000000894. The Bertz CT molecular complexity index is 947. The maximum atomic E-state index is 12.4. The Morgan fingerprint density at radius 3 is 2.41 bits per heavy atom. The van der Waals surface area contributed by atoms with Crippen LogP contribution in [0.15, 0.2) is 54.0 Å². The van der Waals surface area contributed by atoms with Crippen LogP contribution in [-0.4, -0.2) is 24.5 Å². The molecule has 1 aliphatic rings. The van der Waals surface area contributed by atoms with Gasteiger partial charge in [0.25, 0.3) is 0 Å². The molecular weight excluding hydrogens is 446 g/mol. The van der Waals surface area contributed by atoms with Gasteiger partial charge in [-0.15, -0.1) is 11.3 Å². The second kappa shape index (κ2) is 16.7. The Morgan fingerprint density at radius 2 is 1.79 bits per heavy atom. The van der Waals surface area contributed by atoms with E-state index in [9.17, 15) is 4.79 Å². The lowest BCUT2D eigenvalue weighted by Crippen LogP contribution is -2.32. The third-order valence-electron chi connectivity index (χ3n) is 4.63. The molecule has 7 heteroatoms. The fraction of sp³-hybridized carbons (Fsp3) is 0.407. The fourth-order valence-electron chi connectivity index (χ4n) is 3.33. The lowest BCUT2D eigenvalue weighted by Gasteiger charge is -2.28. The number of amides is 1. The zero-order chi connectivity index (χ0) is 25.3. The van der Waals surface area contributed by atoms with E-state index in [0.29, 0.717) is 23.1 Å². The topological polar surface area (TPSA) is 72.5 Å². The minimum Gasteiger partial charge on any atom is -0.493 e. The van der Waals surface area contributed by atoms with E-state index in [1.54, 1.807) is 13.3 Å². The molecule has 34 heavy (non-hydrogen) atoms. The van der Waals surface area contributed by atoms with Crippen LogP contribution in [0.2, 0.25) is 0 Å². The monoisotopic (exact) mass is 485 g/mol. The molecule has 0 aliphatic carbocycles. The molecule has 2 N–H and O–H groups in total. The van der Waals surface area contributed by atoms with Crippen LogP contribution in [0.4, 0.5) is 5.13 Å². The van der Waals surface area contributed by atoms with E-state index in [0.717, 1.165) is 24.3 Å². The minimum atomic E-state index is -0.0901. The molecule has 0 bridgehead atoms. The quantitative estimate of drug-likeness (QED) is 0.385. The lowest BCUT2D eigenvalue weighted by atomic mass is 9.91. The van der Waals surface area contributed by atoms with E-state index in [4.69, 9.17) is 9.47 Å². The number of methoxy groups -OCH3 is 1. The summed E-state index contributed by atoms with van der Waals surface area (Å²) in [5.74, 6) is 2.00. The number of carbonyl (C=O) groups is 1. The Kier molecular flexibility index (Phi) is 14.3. The zero-order valence-electron chi connectivity index (χ0n) is 21.5. The predicted molar refractivity (Wildman–Crippen MR) is 143 cm³/mol. The Morgan fingerprint density at radius 1 is 1.09 bits per heavy atom. The Labute approximate surface area is 208 Å². The van der Waals surface area contributed by atoms with Crippen molar-refractivity contribution >= 4 is 22.4 Å². The van der Waals surface area contributed by atoms with Crippen LogP contribution in [0.3, 0.4) is 0 Å². The first-order valence-corrected chi connectivity index (χ1v) is 13.0. The van der Waals surface area contributed by atoms with Crippen molar-refractivity contribution in [1.29, 1.82) is 0 Å². The van der Waals surface area contributed by atoms with Crippen molar-refractivity contribution in [2.75, 3.05) is 19.0 Å². The molecule has 1 aliphatic heterocycles. The van der Waals surface area contributed by atoms with Crippen molar-refractivity contribution in [3.63, 3.8) is 0 Å². The van der Waals surface area contributed by atoms with Gasteiger partial charge in [-0.1, -0.05) is 59.7 Å². The van der Waals surface area contributed by atoms with Crippen molar-refractivity contribution in [2.45, 2.75) is 60.4 Å². The van der Waals surface area contributed by atoms with E-state index in [-0.39, 0.29) is 11.9 Å². The minimum absolute atomic E-state index is 0.0679. The van der Waals surface area contributed by atoms with Crippen LogP contribution in [0.5, 0.6) is 17.2 Å². The van der Waals surface area contributed by atoms with E-state index < -0.39 is 0 Å². The number of thiazole rings is 1. The molecular formula is C27H39N3O3S. The smallest absolute Gasteiger partial charge is 0.228 e. The van der Waals surface area contributed by atoms with Crippen LogP contribution in [-0.2, 0) is 11.2 Å². The number of ether oxygens (including phenoxy) is 2. The highest BCUT2D eigenvalue weighted by molar-refractivity contribution is 7.13. The van der Waals surface area contributed by atoms with Gasteiger partial charge in [0.15, 0.2) is 16.6 Å². The third kappa shape index (κ3) is 8.47. The standard InChI is InChI=1S/C21H21N3O3S.3C2H6/c1-26-18-11-14-7-8-22-17(13-20(25)24-21-23-9-10-28-21)16(14)12-19(18)27-15-5-3-2-4-6-15;3*1-2/h2-6,9-12,17,22H,7-8,13H2,1H3,(H,23,24,25);3*1-2H3. The molecule has 0 saturated heterocycles. The highest BCUT2D eigenvalue weighted by atomic mass is 32.1. The molecule has 6 nitrogen and oxygen atoms in total. The molecule has 0 spiro atoms. The summed E-state index contributed by atoms with van der Waals surface area (Å²) >= 11 is 1.41. The second-order valence-electron chi connectivity index (χ2n) is 6.46. The molecule has 2 aromatic carbocycles. The summed E-state index contributed by atoms with van der Waals surface area (Å²) in [4.78, 5) is 16.6. The summed E-state index contributed by atoms with van der Waals surface area (Å²) in [6, 6.07) is 13.5. The number of hydrogen-bond donors (Lipinski definition) is 2. The van der Waals surface area contributed by atoms with Crippen LogP contribution >= 0.6 is 11.3 Å². The number of fused-ring (bicyclic) bond motifs is 1. The predicted octanol–water partition coefficient (Wildman–Crippen LogP) is 7.24. The fourth-order valence-corrected chi connectivity index (χ4v) is 3.87. The van der Waals surface area contributed by atoms with Gasteiger partial charge in [0.1, 0.15) is 5.75 Å². The normalized spacial score (nSPS) is 13.3. The van der Waals surface area contributed by atoms with E-state index >= 15 is 0 Å². The summed E-state index contributed by atoms with van der Waals surface area (Å²) in [5.41, 5.74) is 2.23. The largest absolute Gasteiger partial charge is 0.493 e. The van der Waals surface area contributed by atoms with Crippen LogP contribution in [0.25, 0.3) is 0 Å². The van der Waals surface area contributed by atoms with Crippen molar-refractivity contribution in [2.24, 2.45) is 0 Å². The second-order valence-corrected chi connectivity index (χ2v) is 7.36. The molecule has 4 rings (SSSR count). The van der Waals surface area contributed by atoms with E-state index in [1.165, 1.54) is 16.9 Å². The summed E-state index contributed by atoms with van der Waals surface area (Å²) in [6.45, 7) is 12.8. The van der Waals surface area contributed by atoms with Crippen LogP contribution < -0.4 is 20.1 Å². The highest BCUT2D eigenvalue weighted by Crippen LogP contribution is 2.38. The number of rotatable bonds is 6. The van der Waals surface area contributed by atoms with Crippen LogP contribution in [0.1, 0.15) is 65.1 Å². The summed E-state index contributed by atoms with van der Waals surface area (Å²) < 4.78 is 11.6. The summed E-state index contributed by atoms with van der Waals surface area (Å²) in [5, 5.41) is 8.74. The molecule has 186 valence electrons. The van der Waals surface area contributed by atoms with E-state index in [2.05, 4.69) is 15.6 Å². The zero-order valence-corrected chi connectivity index (χ0v) is 22.3. The first-order valence-electron chi connectivity index (χ1n) is 12.1. The van der Waals surface area contributed by atoms with Crippen molar-refractivity contribution in [3.05, 3.63) is 65.2 Å². The lowest BCUT2D eigenvalue weighted by molar-refractivity contribution is -0.116. The molecule has 1 aromatic heterocycles. The molecule has 0 radical (unpaired) electrons. The summed E-state index contributed by atoms with van der Waals surface area (Å²) in [7, 11) is 1.64. The van der Waals surface area contributed by atoms with Gasteiger partial charge in [0.2, 0.25) is 5.91 Å². The van der Waals surface area contributed by atoms with Crippen LogP contribution in [0, 0.1) is 0 Å². The SMILES string of the molecule is CC.CC.CC.COc1cc2c(cc1Oc1ccccc1)C(CC(=O)Nc1nccs1)NCC2. The van der Waals surface area contributed by atoms with Gasteiger partial charge in [0.05, 0.1) is 7.11 Å². The third-order valence-corrected chi connectivity index (χ3v) is 5.31. The number of aromatic nitrogens is 1. The number of nitrogens with zero attached hydrogens (tertiary/aromatic N) is 1. The molecule has 1 amide bonds. The van der Waals surface area contributed by atoms with Gasteiger partial charge < -0.3 is 20.1 Å². The summed E-state index contributed by atoms with van der Waals surface area (Å²) in [6.07, 6.45) is 2.87. The number of nitrogens with one attached hydrogen (secondary N) is 2. The maximum absolute atomic E-state index is 12.4. The Hall–Kier alpha value is -2.90. The highest BCUT2D eigenvalue weighted by Gasteiger charge is 2.25. The number of para-hydroxylation sites is 1. The number of hydrogen-bond acceptors (Lipinski definition) is 6. The molecule has 1 unspecified atom stereocenters.